The first-order chi connectivity index (χ1) is 9.17. The van der Waals surface area contributed by atoms with Gasteiger partial charge >= 0.3 is 0 Å². The molecule has 0 unspecified atom stereocenters. The van der Waals surface area contributed by atoms with Crippen molar-refractivity contribution in [2.45, 2.75) is 13.1 Å². The summed E-state index contributed by atoms with van der Waals surface area (Å²) in [5, 5.41) is 3.06. The maximum Gasteiger partial charge on any atom is 0.125 e. The number of nitrogens with zero attached hydrogens (tertiary/aromatic N) is 2. The van der Waals surface area contributed by atoms with E-state index >= 15 is 0 Å². The molecule has 0 atom stereocenters. The Labute approximate surface area is 122 Å². The van der Waals surface area contributed by atoms with Crippen molar-refractivity contribution in [3.8, 4) is 0 Å². The third kappa shape index (κ3) is 4.33. The molecule has 0 aliphatic carbocycles. The van der Waals surface area contributed by atoms with E-state index in [1.807, 2.05) is 13.2 Å². The summed E-state index contributed by atoms with van der Waals surface area (Å²) >= 11 is 3.45. The van der Waals surface area contributed by atoms with Crippen molar-refractivity contribution in [2.75, 3.05) is 19.4 Å². The Bertz CT molecular complexity index is 525. The first-order valence-electron chi connectivity index (χ1n) is 6.23. The lowest BCUT2D eigenvalue weighted by atomic mass is 10.2. The average molecular weight is 320 g/mol. The van der Waals surface area contributed by atoms with Gasteiger partial charge in [-0.1, -0.05) is 28.1 Å². The van der Waals surface area contributed by atoms with Crippen LogP contribution in [0.4, 0.5) is 5.82 Å². The number of rotatable bonds is 5. The molecule has 0 bridgehead atoms. The topological polar surface area (TPSA) is 28.2 Å². The molecule has 0 amide bonds. The largest absolute Gasteiger partial charge is 0.373 e. The van der Waals surface area contributed by atoms with Gasteiger partial charge in [0.15, 0.2) is 0 Å². The van der Waals surface area contributed by atoms with Crippen molar-refractivity contribution >= 4 is 21.7 Å². The minimum atomic E-state index is 0.910. The van der Waals surface area contributed by atoms with E-state index in [1.54, 1.807) is 0 Å². The zero-order valence-electron chi connectivity index (χ0n) is 11.2. The number of anilines is 1. The molecule has 0 fully saturated rings. The first-order valence-corrected chi connectivity index (χ1v) is 7.02. The second kappa shape index (κ2) is 6.68. The van der Waals surface area contributed by atoms with Crippen LogP contribution >= 0.6 is 15.9 Å². The fourth-order valence-corrected chi connectivity index (χ4v) is 2.24. The number of halogens is 1. The number of hydrogen-bond donors (Lipinski definition) is 1. The van der Waals surface area contributed by atoms with Gasteiger partial charge in [-0.25, -0.2) is 4.98 Å². The monoisotopic (exact) mass is 319 g/mol. The maximum atomic E-state index is 4.22. The standard InChI is InChI=1S/C15H18BrN3/c1-17-15-9-13(7-8-18-15)11-19(2)10-12-3-5-14(16)6-4-12/h3-9H,10-11H2,1-2H3,(H,17,18). The van der Waals surface area contributed by atoms with Gasteiger partial charge in [-0.3, -0.25) is 4.90 Å². The lowest BCUT2D eigenvalue weighted by Crippen LogP contribution is -2.17. The normalized spacial score (nSPS) is 10.7. The highest BCUT2D eigenvalue weighted by Gasteiger charge is 2.03. The molecule has 4 heteroatoms. The highest BCUT2D eigenvalue weighted by atomic mass is 79.9. The molecule has 2 aromatic rings. The van der Waals surface area contributed by atoms with Crippen LogP contribution in [0, 0.1) is 0 Å². The third-order valence-corrected chi connectivity index (χ3v) is 3.43. The molecule has 1 heterocycles. The van der Waals surface area contributed by atoms with Crippen molar-refractivity contribution < 1.29 is 0 Å². The highest BCUT2D eigenvalue weighted by Crippen LogP contribution is 2.13. The predicted molar refractivity (Wildman–Crippen MR) is 83.1 cm³/mol. The molecule has 0 spiro atoms. The third-order valence-electron chi connectivity index (χ3n) is 2.90. The summed E-state index contributed by atoms with van der Waals surface area (Å²) in [6, 6.07) is 12.6. The highest BCUT2D eigenvalue weighted by molar-refractivity contribution is 9.10. The summed E-state index contributed by atoms with van der Waals surface area (Å²) < 4.78 is 1.12. The fraction of sp³-hybridized carbons (Fsp3) is 0.267. The summed E-state index contributed by atoms with van der Waals surface area (Å²) in [6.45, 7) is 1.84. The van der Waals surface area contributed by atoms with E-state index in [0.717, 1.165) is 23.4 Å². The molecule has 100 valence electrons. The van der Waals surface area contributed by atoms with Crippen LogP contribution in [0.2, 0.25) is 0 Å². The lowest BCUT2D eigenvalue weighted by molar-refractivity contribution is 0.319. The summed E-state index contributed by atoms with van der Waals surface area (Å²) in [6.07, 6.45) is 1.84. The molecule has 0 aliphatic rings. The van der Waals surface area contributed by atoms with Crippen LogP contribution in [0.15, 0.2) is 47.1 Å². The molecule has 3 nitrogen and oxygen atoms in total. The van der Waals surface area contributed by atoms with E-state index < -0.39 is 0 Å². The minimum Gasteiger partial charge on any atom is -0.373 e. The number of hydrogen-bond acceptors (Lipinski definition) is 3. The molecule has 0 aliphatic heterocycles. The van der Waals surface area contributed by atoms with E-state index in [1.165, 1.54) is 11.1 Å². The van der Waals surface area contributed by atoms with Crippen molar-refractivity contribution in [1.29, 1.82) is 0 Å². The van der Waals surface area contributed by atoms with Crippen molar-refractivity contribution in [3.63, 3.8) is 0 Å². The molecule has 1 N–H and O–H groups in total. The predicted octanol–water partition coefficient (Wildman–Crippen LogP) is 3.52. The van der Waals surface area contributed by atoms with Gasteiger partial charge in [-0.15, -0.1) is 0 Å². The Balaban J connectivity index is 1.96. The number of aromatic nitrogens is 1. The van der Waals surface area contributed by atoms with Crippen molar-refractivity contribution in [2.24, 2.45) is 0 Å². The minimum absolute atomic E-state index is 0.910. The van der Waals surface area contributed by atoms with Gasteiger partial charge in [0.2, 0.25) is 0 Å². The second-order valence-electron chi connectivity index (χ2n) is 4.60. The summed E-state index contributed by atoms with van der Waals surface area (Å²) in [4.78, 5) is 6.51. The van der Waals surface area contributed by atoms with Crippen molar-refractivity contribution in [3.05, 3.63) is 58.2 Å². The van der Waals surface area contributed by atoms with Crippen LogP contribution in [-0.4, -0.2) is 24.0 Å². The zero-order valence-corrected chi connectivity index (χ0v) is 12.8. The van der Waals surface area contributed by atoms with E-state index in [2.05, 4.69) is 74.6 Å². The summed E-state index contributed by atoms with van der Waals surface area (Å²) in [5.41, 5.74) is 2.58. The molecule has 1 aromatic heterocycles. The molecule has 1 aromatic carbocycles. The van der Waals surface area contributed by atoms with E-state index in [4.69, 9.17) is 0 Å². The Hall–Kier alpha value is -1.39. The maximum absolute atomic E-state index is 4.22. The van der Waals surface area contributed by atoms with Crippen LogP contribution in [-0.2, 0) is 13.1 Å². The quantitative estimate of drug-likeness (QED) is 0.914. The van der Waals surface area contributed by atoms with Gasteiger partial charge in [-0.2, -0.15) is 0 Å². The van der Waals surface area contributed by atoms with Crippen LogP contribution in [0.5, 0.6) is 0 Å². The Kier molecular flexibility index (Phi) is 4.93. The van der Waals surface area contributed by atoms with Gasteiger partial charge in [0.1, 0.15) is 5.82 Å². The van der Waals surface area contributed by atoms with Crippen molar-refractivity contribution in [1.82, 2.24) is 9.88 Å². The van der Waals surface area contributed by atoms with Gasteiger partial charge in [0.25, 0.3) is 0 Å². The number of benzene rings is 1. The molecular weight excluding hydrogens is 302 g/mol. The molecule has 0 radical (unpaired) electrons. The summed E-state index contributed by atoms with van der Waals surface area (Å²) in [5.74, 6) is 0.912. The Morgan fingerprint density at radius 2 is 1.79 bits per heavy atom. The fourth-order valence-electron chi connectivity index (χ4n) is 1.98. The molecule has 19 heavy (non-hydrogen) atoms. The second-order valence-corrected chi connectivity index (χ2v) is 5.51. The number of pyridine rings is 1. The summed E-state index contributed by atoms with van der Waals surface area (Å²) in [7, 11) is 4.01. The SMILES string of the molecule is CNc1cc(CN(C)Cc2ccc(Br)cc2)ccn1. The first kappa shape index (κ1) is 14.0. The zero-order chi connectivity index (χ0) is 13.7. The van der Waals surface area contributed by atoms with Crippen LogP contribution in [0.3, 0.4) is 0 Å². The smallest absolute Gasteiger partial charge is 0.125 e. The Morgan fingerprint density at radius 1 is 1.11 bits per heavy atom. The molecular formula is C15H18BrN3. The van der Waals surface area contributed by atoms with E-state index in [0.29, 0.717) is 0 Å². The lowest BCUT2D eigenvalue weighted by Gasteiger charge is -2.17. The van der Waals surface area contributed by atoms with Crippen LogP contribution < -0.4 is 5.32 Å². The Morgan fingerprint density at radius 3 is 2.47 bits per heavy atom. The van der Waals surface area contributed by atoms with E-state index in [-0.39, 0.29) is 0 Å². The molecule has 2 rings (SSSR count). The molecule has 0 saturated carbocycles. The molecule has 0 saturated heterocycles. The van der Waals surface area contributed by atoms with Crippen LogP contribution in [0.25, 0.3) is 0 Å². The van der Waals surface area contributed by atoms with E-state index in [9.17, 15) is 0 Å². The van der Waals surface area contributed by atoms with Gasteiger partial charge in [-0.05, 0) is 42.4 Å². The van der Waals surface area contributed by atoms with Gasteiger partial charge < -0.3 is 5.32 Å². The van der Waals surface area contributed by atoms with Gasteiger partial charge in [0, 0.05) is 30.8 Å². The van der Waals surface area contributed by atoms with Crippen LogP contribution in [0.1, 0.15) is 11.1 Å². The van der Waals surface area contributed by atoms with Gasteiger partial charge in [0.05, 0.1) is 0 Å². The average Bonchev–Trinajstić information content (AvgIpc) is 2.41. The number of nitrogens with one attached hydrogen (secondary N) is 1.